The van der Waals surface area contributed by atoms with Gasteiger partial charge < -0.3 is 97.2 Å². The number of aliphatic hydroxyl groups is 7. The van der Waals surface area contributed by atoms with E-state index in [0.29, 0.717) is 13.0 Å². The van der Waals surface area contributed by atoms with Crippen molar-refractivity contribution in [2.45, 2.75) is 142 Å². The lowest BCUT2D eigenvalue weighted by molar-refractivity contribution is -0.313. The first-order valence-electron chi connectivity index (χ1n) is 16.4. The molecule has 1 aliphatic carbocycles. The number of ether oxygens (including phenoxy) is 7. The molecule has 0 aromatic carbocycles. The molecule has 4 aliphatic heterocycles. The lowest BCUT2D eigenvalue weighted by Crippen LogP contribution is -2.68. The molecule has 0 spiro atoms. The highest BCUT2D eigenvalue weighted by Gasteiger charge is 2.55. The van der Waals surface area contributed by atoms with E-state index in [9.17, 15) is 35.7 Å². The van der Waals surface area contributed by atoms with Crippen molar-refractivity contribution >= 4 is 0 Å². The van der Waals surface area contributed by atoms with Crippen LogP contribution in [0.15, 0.2) is 0 Å². The predicted molar refractivity (Wildman–Crippen MR) is 158 cm³/mol. The van der Waals surface area contributed by atoms with Crippen LogP contribution in [0.5, 0.6) is 0 Å². The van der Waals surface area contributed by atoms with Crippen LogP contribution in [-0.4, -0.2) is 185 Å². The summed E-state index contributed by atoms with van der Waals surface area (Å²) in [5.41, 5.74) is 25.4. The molecule has 16 N–H and O–H groups in total. The van der Waals surface area contributed by atoms with Crippen LogP contribution in [-0.2, 0) is 33.2 Å². The van der Waals surface area contributed by atoms with E-state index in [2.05, 4.69) is 5.32 Å². The Labute approximate surface area is 272 Å². The molecule has 4 bridgehead atoms. The lowest BCUT2D eigenvalue weighted by Gasteiger charge is -2.48. The summed E-state index contributed by atoms with van der Waals surface area (Å²) in [7, 11) is 0. The van der Waals surface area contributed by atoms with E-state index in [1.807, 2.05) is 0 Å². The molecule has 19 nitrogen and oxygen atoms in total. The fourth-order valence-corrected chi connectivity index (χ4v) is 6.87. The number of rotatable bonds is 4. The predicted octanol–water partition coefficient (Wildman–Crippen LogP) is -7.02. The van der Waals surface area contributed by atoms with Gasteiger partial charge in [-0.2, -0.15) is 0 Å². The third kappa shape index (κ3) is 8.09. The van der Waals surface area contributed by atoms with Crippen LogP contribution in [0.25, 0.3) is 0 Å². The third-order valence-electron chi connectivity index (χ3n) is 9.71. The van der Waals surface area contributed by atoms with Crippen molar-refractivity contribution in [1.82, 2.24) is 5.32 Å². The minimum absolute atomic E-state index is 0.198. The molecule has 0 aromatic rings. The molecule has 19 heteroatoms. The zero-order valence-electron chi connectivity index (χ0n) is 26.1. The van der Waals surface area contributed by atoms with Crippen molar-refractivity contribution in [2.75, 3.05) is 32.9 Å². The normalized spacial score (nSPS) is 52.3. The first-order chi connectivity index (χ1) is 22.5. The first kappa shape index (κ1) is 37.5. The molecule has 5 aliphatic rings. The largest absolute Gasteiger partial charge is 0.394 e. The van der Waals surface area contributed by atoms with E-state index < -0.39 is 129 Å². The molecular weight excluding hydrogens is 630 g/mol. The van der Waals surface area contributed by atoms with Gasteiger partial charge in [0.1, 0.15) is 73.2 Å². The Balaban J connectivity index is 1.41. The van der Waals surface area contributed by atoms with Crippen molar-refractivity contribution in [3.63, 3.8) is 0 Å². The van der Waals surface area contributed by atoms with Gasteiger partial charge in [0.25, 0.3) is 0 Å². The van der Waals surface area contributed by atoms with Gasteiger partial charge in [-0.3, -0.25) is 0 Å². The second-order valence-corrected chi connectivity index (χ2v) is 13.1. The van der Waals surface area contributed by atoms with Gasteiger partial charge in [-0.15, -0.1) is 0 Å². The SMILES string of the molecule is N[C@H]1[C@H]2O[C@H]3[C@@H](O)[C@H](O[C@@H]4[C@@H](OCCCCCNC[C@H](O2)[C@@H](O)[C@@H]1O)[C@H](N)C[C@H](N)[C@H]4O[C@H]1O[C@H](CO)[C@@H](O)[C@H](O)[C@H]1N)O[C@@H]3CO. The van der Waals surface area contributed by atoms with Gasteiger partial charge >= 0.3 is 0 Å². The van der Waals surface area contributed by atoms with Crippen LogP contribution in [0.4, 0.5) is 0 Å². The highest BCUT2D eigenvalue weighted by Crippen LogP contribution is 2.35. The molecule has 4 saturated heterocycles. The van der Waals surface area contributed by atoms with Gasteiger partial charge in [0.05, 0.1) is 25.3 Å². The summed E-state index contributed by atoms with van der Waals surface area (Å²) < 4.78 is 42.3. The van der Waals surface area contributed by atoms with Crippen LogP contribution >= 0.6 is 0 Å². The molecule has 19 atom stereocenters. The van der Waals surface area contributed by atoms with Gasteiger partial charge in [0, 0.05) is 25.2 Å². The average molecular weight is 684 g/mol. The Bertz CT molecular complexity index is 979. The molecule has 0 unspecified atom stereocenters. The van der Waals surface area contributed by atoms with E-state index >= 15 is 0 Å². The number of fused-ring (bicyclic) bond motifs is 5. The van der Waals surface area contributed by atoms with Crippen LogP contribution in [0.3, 0.4) is 0 Å². The highest BCUT2D eigenvalue weighted by atomic mass is 16.8. The third-order valence-corrected chi connectivity index (χ3v) is 9.71. The second-order valence-electron chi connectivity index (χ2n) is 13.1. The number of hydrogen-bond donors (Lipinski definition) is 12. The molecule has 274 valence electrons. The fourth-order valence-electron chi connectivity index (χ4n) is 6.87. The van der Waals surface area contributed by atoms with Crippen LogP contribution in [0.2, 0.25) is 0 Å². The van der Waals surface area contributed by atoms with Crippen LogP contribution in [0.1, 0.15) is 25.7 Å². The van der Waals surface area contributed by atoms with Crippen molar-refractivity contribution in [3.8, 4) is 0 Å². The van der Waals surface area contributed by atoms with Crippen LogP contribution in [0, 0.1) is 0 Å². The molecular formula is C28H53N5O14. The number of hydrogen-bond acceptors (Lipinski definition) is 19. The number of nitrogens with one attached hydrogen (secondary N) is 1. The van der Waals surface area contributed by atoms with Gasteiger partial charge in [-0.05, 0) is 32.2 Å². The zero-order valence-corrected chi connectivity index (χ0v) is 26.1. The van der Waals surface area contributed by atoms with Crippen LogP contribution < -0.4 is 28.3 Å². The Kier molecular flexibility index (Phi) is 13.2. The smallest absolute Gasteiger partial charge is 0.187 e. The molecule has 0 aromatic heterocycles. The van der Waals surface area contributed by atoms with E-state index in [4.69, 9.17) is 56.1 Å². The number of aliphatic hydroxyl groups excluding tert-OH is 7. The number of nitrogens with two attached hydrogens (primary N) is 4. The Morgan fingerprint density at radius 3 is 2.06 bits per heavy atom. The highest BCUT2D eigenvalue weighted by molar-refractivity contribution is 5.03. The van der Waals surface area contributed by atoms with Crippen molar-refractivity contribution in [2.24, 2.45) is 22.9 Å². The summed E-state index contributed by atoms with van der Waals surface area (Å²) in [6.45, 7) is -0.155. The maximum absolute atomic E-state index is 11.4. The summed E-state index contributed by atoms with van der Waals surface area (Å²) >= 11 is 0. The Morgan fingerprint density at radius 1 is 0.638 bits per heavy atom. The van der Waals surface area contributed by atoms with Gasteiger partial charge in [-0.25, -0.2) is 0 Å². The lowest BCUT2D eigenvalue weighted by atomic mass is 9.84. The molecule has 0 radical (unpaired) electrons. The zero-order chi connectivity index (χ0) is 34.0. The summed E-state index contributed by atoms with van der Waals surface area (Å²) in [6.07, 6.45) is -16.3. The van der Waals surface area contributed by atoms with Gasteiger partial charge in [-0.1, -0.05) is 0 Å². The van der Waals surface area contributed by atoms with E-state index in [1.54, 1.807) is 0 Å². The monoisotopic (exact) mass is 683 g/mol. The van der Waals surface area contributed by atoms with Crippen molar-refractivity contribution < 1.29 is 68.9 Å². The first-order valence-corrected chi connectivity index (χ1v) is 16.4. The van der Waals surface area contributed by atoms with E-state index in [1.165, 1.54) is 0 Å². The maximum Gasteiger partial charge on any atom is 0.187 e. The summed E-state index contributed by atoms with van der Waals surface area (Å²) in [5, 5.41) is 76.5. The summed E-state index contributed by atoms with van der Waals surface area (Å²) in [5.74, 6) is 0. The minimum Gasteiger partial charge on any atom is -0.394 e. The molecule has 5 fully saturated rings. The standard InChI is InChI=1S/C28H53N5O14/c29-10-6-11(30)23(45-27-16(32)20(39)18(37)13(8-34)43-27)25-22(10)41-5-3-1-2-4-33-7-12-17(36)19(38)15(31)26(42-12)46-24-14(9-35)44-28(47-25)21(24)40/h10-28,33-40H,1-9,29-32H2/t10-,11+,12+,13-,14-,15-,16-,17-,18-,19-,20-,21-,22+,23-,24-,25-,26-,27-,28+/m1/s1. The van der Waals surface area contributed by atoms with E-state index in [-0.39, 0.29) is 19.6 Å². The fraction of sp³-hybridized carbons (Fsp3) is 1.00. The summed E-state index contributed by atoms with van der Waals surface area (Å²) in [6, 6.07) is -3.85. The Hall–Kier alpha value is -0.760. The van der Waals surface area contributed by atoms with Crippen molar-refractivity contribution in [1.29, 1.82) is 0 Å². The average Bonchev–Trinajstić information content (AvgIpc) is 3.34. The maximum atomic E-state index is 11.4. The minimum atomic E-state index is -1.54. The molecule has 0 amide bonds. The molecule has 1 saturated carbocycles. The topological polar surface area (TPSA) is 322 Å². The summed E-state index contributed by atoms with van der Waals surface area (Å²) in [4.78, 5) is 0. The molecule has 5 rings (SSSR count). The van der Waals surface area contributed by atoms with Gasteiger partial charge in [0.15, 0.2) is 18.9 Å². The van der Waals surface area contributed by atoms with Gasteiger partial charge in [0.2, 0.25) is 0 Å². The van der Waals surface area contributed by atoms with E-state index in [0.717, 1.165) is 12.8 Å². The molecule has 47 heavy (non-hydrogen) atoms. The second kappa shape index (κ2) is 16.5. The molecule has 4 heterocycles. The van der Waals surface area contributed by atoms with Crippen molar-refractivity contribution in [3.05, 3.63) is 0 Å². The Morgan fingerprint density at radius 2 is 1.34 bits per heavy atom. The quantitative estimate of drug-likeness (QED) is 0.131.